The van der Waals surface area contributed by atoms with E-state index in [1.54, 1.807) is 0 Å². The normalized spacial score (nSPS) is 19.1. The number of aryl methyl sites for hydroxylation is 1. The van der Waals surface area contributed by atoms with Crippen molar-refractivity contribution in [2.24, 2.45) is 0 Å². The lowest BCUT2D eigenvalue weighted by atomic mass is 10.1. The van der Waals surface area contributed by atoms with Gasteiger partial charge in [-0.25, -0.2) is 9.97 Å². The maximum atomic E-state index is 13.0. The second-order valence-corrected chi connectivity index (χ2v) is 7.55. The smallest absolute Gasteiger partial charge is 0.225 e. The van der Waals surface area contributed by atoms with Gasteiger partial charge in [0.15, 0.2) is 5.82 Å². The Bertz CT molecular complexity index is 1010. The maximum Gasteiger partial charge on any atom is 0.225 e. The zero-order chi connectivity index (χ0) is 18.9. The maximum absolute atomic E-state index is 13.0. The monoisotopic (exact) mass is 376 g/mol. The van der Waals surface area contributed by atoms with Gasteiger partial charge in [0.1, 0.15) is 0 Å². The standard InChI is InChI=1S/C21H24N6O/c28-20(8-11-27-18-5-2-1-4-15(18)14-24-27)26-10-3-6-19(26)21-23-13-16-12-22-9-7-17(16)25-21/h1-2,4-5,13-14,19,22H,3,6-12H2. The summed E-state index contributed by atoms with van der Waals surface area (Å²) in [7, 11) is 0. The molecule has 1 unspecified atom stereocenters. The Morgan fingerprint density at radius 2 is 2.18 bits per heavy atom. The molecular formula is C21H24N6O. The number of fused-ring (bicyclic) bond motifs is 2. The Labute approximate surface area is 163 Å². The summed E-state index contributed by atoms with van der Waals surface area (Å²) in [6.45, 7) is 3.16. The molecule has 0 radical (unpaired) electrons. The van der Waals surface area contributed by atoms with E-state index in [2.05, 4.69) is 15.4 Å². The SMILES string of the molecule is O=C(CCn1ncc2ccccc21)N1CCCC1c1ncc2c(n1)CCNC2. The van der Waals surface area contributed by atoms with Crippen molar-refractivity contribution in [2.75, 3.05) is 13.1 Å². The topological polar surface area (TPSA) is 75.9 Å². The zero-order valence-electron chi connectivity index (χ0n) is 15.8. The summed E-state index contributed by atoms with van der Waals surface area (Å²) in [6.07, 6.45) is 7.10. The van der Waals surface area contributed by atoms with Crippen LogP contribution in [0.25, 0.3) is 10.9 Å². The minimum Gasteiger partial charge on any atom is -0.332 e. The van der Waals surface area contributed by atoms with E-state index in [4.69, 9.17) is 4.98 Å². The van der Waals surface area contributed by atoms with Gasteiger partial charge in [0.25, 0.3) is 0 Å². The highest BCUT2D eigenvalue weighted by atomic mass is 16.2. The highest BCUT2D eigenvalue weighted by Gasteiger charge is 2.32. The molecule has 7 nitrogen and oxygen atoms in total. The second-order valence-electron chi connectivity index (χ2n) is 7.55. The number of carbonyl (C=O) groups is 1. The van der Waals surface area contributed by atoms with Crippen molar-refractivity contribution in [3.05, 3.63) is 53.7 Å². The van der Waals surface area contributed by atoms with Crippen molar-refractivity contribution in [2.45, 2.75) is 44.8 Å². The first-order valence-corrected chi connectivity index (χ1v) is 10.0. The number of para-hydroxylation sites is 1. The highest BCUT2D eigenvalue weighted by Crippen LogP contribution is 2.31. The molecule has 0 aliphatic carbocycles. The molecule has 1 amide bonds. The molecule has 1 atom stereocenters. The van der Waals surface area contributed by atoms with Gasteiger partial charge in [-0.15, -0.1) is 0 Å². The molecule has 1 aromatic carbocycles. The van der Waals surface area contributed by atoms with E-state index in [0.29, 0.717) is 13.0 Å². The van der Waals surface area contributed by atoms with Crippen LogP contribution in [-0.2, 0) is 24.3 Å². The van der Waals surface area contributed by atoms with Crippen molar-refractivity contribution in [1.29, 1.82) is 0 Å². The Morgan fingerprint density at radius 3 is 3.14 bits per heavy atom. The van der Waals surface area contributed by atoms with Crippen molar-refractivity contribution in [3.63, 3.8) is 0 Å². The lowest BCUT2D eigenvalue weighted by molar-refractivity contribution is -0.132. The lowest BCUT2D eigenvalue weighted by Gasteiger charge is -2.25. The van der Waals surface area contributed by atoms with Crippen LogP contribution in [-0.4, -0.2) is 43.6 Å². The van der Waals surface area contributed by atoms with E-state index in [9.17, 15) is 4.79 Å². The number of hydrogen-bond acceptors (Lipinski definition) is 5. The lowest BCUT2D eigenvalue weighted by Crippen LogP contribution is -2.33. The van der Waals surface area contributed by atoms with Gasteiger partial charge >= 0.3 is 0 Å². The molecule has 2 aliphatic heterocycles. The molecule has 1 fully saturated rings. The third-order valence-corrected chi connectivity index (χ3v) is 5.79. The van der Waals surface area contributed by atoms with Crippen LogP contribution in [0.3, 0.4) is 0 Å². The van der Waals surface area contributed by atoms with Gasteiger partial charge in [-0.3, -0.25) is 9.48 Å². The summed E-state index contributed by atoms with van der Waals surface area (Å²) in [5, 5.41) is 8.88. The first-order chi connectivity index (χ1) is 13.8. The van der Waals surface area contributed by atoms with E-state index in [0.717, 1.165) is 61.3 Å². The van der Waals surface area contributed by atoms with Gasteiger partial charge in [-0.05, 0) is 18.9 Å². The molecule has 2 aliphatic rings. The van der Waals surface area contributed by atoms with Gasteiger partial charge in [0, 0.05) is 55.3 Å². The van der Waals surface area contributed by atoms with Gasteiger partial charge in [-0.1, -0.05) is 18.2 Å². The summed E-state index contributed by atoms with van der Waals surface area (Å²) in [6, 6.07) is 8.09. The largest absolute Gasteiger partial charge is 0.332 e. The minimum absolute atomic E-state index is 0.00190. The second kappa shape index (κ2) is 7.31. The molecule has 1 N–H and O–H groups in total. The minimum atomic E-state index is 0.00190. The van der Waals surface area contributed by atoms with E-state index in [1.807, 2.05) is 46.2 Å². The Hall–Kier alpha value is -2.80. The fourth-order valence-corrected chi connectivity index (χ4v) is 4.29. The summed E-state index contributed by atoms with van der Waals surface area (Å²) >= 11 is 0. The van der Waals surface area contributed by atoms with Gasteiger partial charge in [0.05, 0.1) is 24.3 Å². The highest BCUT2D eigenvalue weighted by molar-refractivity contribution is 5.79. The number of hydrogen-bond donors (Lipinski definition) is 1. The number of aromatic nitrogens is 4. The van der Waals surface area contributed by atoms with Crippen LogP contribution < -0.4 is 5.32 Å². The summed E-state index contributed by atoms with van der Waals surface area (Å²) < 4.78 is 1.92. The van der Waals surface area contributed by atoms with Gasteiger partial charge in [-0.2, -0.15) is 5.10 Å². The van der Waals surface area contributed by atoms with Crippen molar-refractivity contribution >= 4 is 16.8 Å². The third-order valence-electron chi connectivity index (χ3n) is 5.79. The van der Waals surface area contributed by atoms with Crippen LogP contribution in [0.4, 0.5) is 0 Å². The van der Waals surface area contributed by atoms with E-state index < -0.39 is 0 Å². The average Bonchev–Trinajstić information content (AvgIpc) is 3.39. The van der Waals surface area contributed by atoms with E-state index >= 15 is 0 Å². The predicted octanol–water partition coefficient (Wildman–Crippen LogP) is 2.23. The number of rotatable bonds is 4. The van der Waals surface area contributed by atoms with Crippen molar-refractivity contribution < 1.29 is 4.79 Å². The van der Waals surface area contributed by atoms with Gasteiger partial charge < -0.3 is 10.2 Å². The van der Waals surface area contributed by atoms with Crippen LogP contribution in [0, 0.1) is 0 Å². The average molecular weight is 376 g/mol. The van der Waals surface area contributed by atoms with E-state index in [1.165, 1.54) is 5.56 Å². The number of carbonyl (C=O) groups excluding carboxylic acids is 1. The molecule has 144 valence electrons. The quantitative estimate of drug-likeness (QED) is 0.756. The number of nitrogens with one attached hydrogen (secondary N) is 1. The molecule has 0 bridgehead atoms. The Kier molecular flexibility index (Phi) is 4.52. The molecule has 3 aromatic rings. The number of amides is 1. The molecule has 1 saturated heterocycles. The summed E-state index contributed by atoms with van der Waals surface area (Å²) in [5.74, 6) is 0.959. The fraction of sp³-hybridized carbons (Fsp3) is 0.429. The number of likely N-dealkylation sites (tertiary alicyclic amines) is 1. The number of benzene rings is 1. The van der Waals surface area contributed by atoms with Crippen molar-refractivity contribution in [3.8, 4) is 0 Å². The molecule has 5 rings (SSSR count). The van der Waals surface area contributed by atoms with Crippen LogP contribution in [0.15, 0.2) is 36.7 Å². The number of nitrogens with zero attached hydrogens (tertiary/aromatic N) is 5. The first-order valence-electron chi connectivity index (χ1n) is 10.0. The Morgan fingerprint density at radius 1 is 1.25 bits per heavy atom. The van der Waals surface area contributed by atoms with Crippen LogP contribution in [0.5, 0.6) is 0 Å². The predicted molar refractivity (Wildman–Crippen MR) is 105 cm³/mol. The van der Waals surface area contributed by atoms with Crippen molar-refractivity contribution in [1.82, 2.24) is 30.0 Å². The first kappa shape index (κ1) is 17.3. The van der Waals surface area contributed by atoms with Crippen LogP contribution >= 0.6 is 0 Å². The summed E-state index contributed by atoms with van der Waals surface area (Å²) in [5.41, 5.74) is 3.38. The molecule has 4 heterocycles. The fourth-order valence-electron chi connectivity index (χ4n) is 4.29. The molecule has 28 heavy (non-hydrogen) atoms. The molecular weight excluding hydrogens is 352 g/mol. The molecule has 0 spiro atoms. The molecule has 7 heteroatoms. The Balaban J connectivity index is 1.30. The summed E-state index contributed by atoms with van der Waals surface area (Å²) in [4.78, 5) is 24.3. The van der Waals surface area contributed by atoms with Gasteiger partial charge in [0.2, 0.25) is 5.91 Å². The molecule has 0 saturated carbocycles. The third kappa shape index (κ3) is 3.16. The zero-order valence-corrected chi connectivity index (χ0v) is 15.8. The van der Waals surface area contributed by atoms with E-state index in [-0.39, 0.29) is 11.9 Å². The van der Waals surface area contributed by atoms with Crippen LogP contribution in [0.1, 0.15) is 42.4 Å². The molecule has 2 aromatic heterocycles. The van der Waals surface area contributed by atoms with Crippen LogP contribution in [0.2, 0.25) is 0 Å².